The Hall–Kier alpha value is -0.575. The predicted octanol–water partition coefficient (Wildman–Crippen LogP) is 1.55. The fraction of sp³-hybridized carbons (Fsp3) is 0.615. The van der Waals surface area contributed by atoms with Crippen LogP contribution in [0.15, 0.2) is 6.07 Å². The molecule has 2 aliphatic rings. The highest BCUT2D eigenvalue weighted by molar-refractivity contribution is 6.59. The summed E-state index contributed by atoms with van der Waals surface area (Å²) >= 11 is 6.33. The standard InChI is InChI=1S/C13H17BClNO2/c1-8-10(14(17)18)6-11(15)12(16-8)13-4-2-9(7-13)3-5-13/h6,9,17-18H,2-5,7H2,1H3. The Kier molecular flexibility index (Phi) is 2.92. The quantitative estimate of drug-likeness (QED) is 0.798. The smallest absolute Gasteiger partial charge is 0.423 e. The van der Waals surface area contributed by atoms with Crippen LogP contribution >= 0.6 is 11.6 Å². The van der Waals surface area contributed by atoms with E-state index in [-0.39, 0.29) is 5.41 Å². The molecule has 0 atom stereocenters. The molecule has 18 heavy (non-hydrogen) atoms. The first-order valence-electron chi connectivity index (χ1n) is 6.55. The molecule has 2 saturated carbocycles. The third-order valence-corrected chi connectivity index (χ3v) is 5.02. The van der Waals surface area contributed by atoms with E-state index in [4.69, 9.17) is 11.6 Å². The first-order valence-corrected chi connectivity index (χ1v) is 6.93. The summed E-state index contributed by atoms with van der Waals surface area (Å²) in [4.78, 5) is 4.59. The van der Waals surface area contributed by atoms with Crippen molar-refractivity contribution in [2.45, 2.75) is 44.4 Å². The van der Waals surface area contributed by atoms with Crippen LogP contribution in [0, 0.1) is 12.8 Å². The molecular formula is C13H17BClNO2. The van der Waals surface area contributed by atoms with E-state index in [1.165, 1.54) is 32.1 Å². The van der Waals surface area contributed by atoms with E-state index >= 15 is 0 Å². The van der Waals surface area contributed by atoms with E-state index in [0.29, 0.717) is 16.2 Å². The van der Waals surface area contributed by atoms with Gasteiger partial charge in [0.05, 0.1) is 10.7 Å². The maximum atomic E-state index is 9.27. The molecule has 0 aromatic carbocycles. The van der Waals surface area contributed by atoms with Gasteiger partial charge in [-0.1, -0.05) is 11.6 Å². The van der Waals surface area contributed by atoms with Gasteiger partial charge in [-0.3, -0.25) is 4.98 Å². The van der Waals surface area contributed by atoms with Crippen molar-refractivity contribution in [2.24, 2.45) is 5.92 Å². The second kappa shape index (κ2) is 4.22. The van der Waals surface area contributed by atoms with Gasteiger partial charge in [0.2, 0.25) is 0 Å². The summed E-state index contributed by atoms with van der Waals surface area (Å²) in [5, 5.41) is 19.1. The van der Waals surface area contributed by atoms with Crippen LogP contribution < -0.4 is 5.46 Å². The molecule has 2 fully saturated rings. The number of hydrogen-bond donors (Lipinski definition) is 2. The molecule has 1 heterocycles. The van der Waals surface area contributed by atoms with Gasteiger partial charge < -0.3 is 10.0 Å². The minimum absolute atomic E-state index is 0.158. The topological polar surface area (TPSA) is 53.4 Å². The Morgan fingerprint density at radius 1 is 1.39 bits per heavy atom. The Morgan fingerprint density at radius 2 is 2.06 bits per heavy atom. The van der Waals surface area contributed by atoms with Crippen LogP contribution in [-0.4, -0.2) is 22.2 Å². The fourth-order valence-corrected chi connectivity index (χ4v) is 4.11. The summed E-state index contributed by atoms with van der Waals surface area (Å²) in [6.45, 7) is 1.81. The maximum Gasteiger partial charge on any atom is 0.490 e. The minimum Gasteiger partial charge on any atom is -0.423 e. The zero-order chi connectivity index (χ0) is 12.9. The van der Waals surface area contributed by atoms with Crippen LogP contribution in [0.3, 0.4) is 0 Å². The van der Waals surface area contributed by atoms with Gasteiger partial charge in [0.15, 0.2) is 0 Å². The van der Waals surface area contributed by atoms with Crippen LogP contribution in [0.5, 0.6) is 0 Å². The molecule has 2 bridgehead atoms. The van der Waals surface area contributed by atoms with Crippen molar-refractivity contribution in [1.82, 2.24) is 4.98 Å². The number of fused-ring (bicyclic) bond motifs is 2. The SMILES string of the molecule is Cc1nc(C23CCC(CC2)C3)c(Cl)cc1B(O)O. The van der Waals surface area contributed by atoms with E-state index in [9.17, 15) is 10.0 Å². The normalized spacial score (nSPS) is 29.9. The number of aromatic nitrogens is 1. The van der Waals surface area contributed by atoms with Gasteiger partial charge in [-0.05, 0) is 51.0 Å². The molecule has 96 valence electrons. The third kappa shape index (κ3) is 1.78. The third-order valence-electron chi connectivity index (χ3n) is 4.73. The molecule has 0 aliphatic heterocycles. The zero-order valence-electron chi connectivity index (χ0n) is 10.5. The summed E-state index contributed by atoms with van der Waals surface area (Å²) < 4.78 is 0. The van der Waals surface area contributed by atoms with Gasteiger partial charge in [0, 0.05) is 16.6 Å². The van der Waals surface area contributed by atoms with Gasteiger partial charge in [-0.15, -0.1) is 0 Å². The van der Waals surface area contributed by atoms with Crippen LogP contribution in [0.25, 0.3) is 0 Å². The molecule has 0 saturated heterocycles. The lowest BCUT2D eigenvalue weighted by molar-refractivity contribution is 0.408. The van der Waals surface area contributed by atoms with Crippen molar-refractivity contribution >= 4 is 24.2 Å². The zero-order valence-corrected chi connectivity index (χ0v) is 11.2. The lowest BCUT2D eigenvalue weighted by Gasteiger charge is -2.27. The van der Waals surface area contributed by atoms with Crippen LogP contribution in [0.2, 0.25) is 5.02 Å². The highest BCUT2D eigenvalue weighted by Gasteiger charge is 2.48. The van der Waals surface area contributed by atoms with Crippen molar-refractivity contribution in [3.63, 3.8) is 0 Å². The van der Waals surface area contributed by atoms with Gasteiger partial charge in [0.25, 0.3) is 0 Å². The monoisotopic (exact) mass is 265 g/mol. The Morgan fingerprint density at radius 3 is 2.56 bits per heavy atom. The van der Waals surface area contributed by atoms with Gasteiger partial charge in [-0.25, -0.2) is 0 Å². The number of hydrogen-bond acceptors (Lipinski definition) is 3. The highest BCUT2D eigenvalue weighted by atomic mass is 35.5. The number of halogens is 1. The Balaban J connectivity index is 2.05. The van der Waals surface area contributed by atoms with E-state index < -0.39 is 7.12 Å². The summed E-state index contributed by atoms with van der Waals surface area (Å²) in [6, 6.07) is 1.67. The molecule has 1 aromatic heterocycles. The van der Waals surface area contributed by atoms with Gasteiger partial charge >= 0.3 is 7.12 Å². The lowest BCUT2D eigenvalue weighted by Crippen LogP contribution is -2.34. The number of nitrogens with zero attached hydrogens (tertiary/aromatic N) is 1. The molecule has 2 aliphatic carbocycles. The molecule has 3 nitrogen and oxygen atoms in total. The van der Waals surface area contributed by atoms with Gasteiger partial charge in [0.1, 0.15) is 0 Å². The summed E-state index contributed by atoms with van der Waals surface area (Å²) in [5.41, 5.74) is 2.22. The molecule has 1 aromatic rings. The molecule has 2 N–H and O–H groups in total. The second-order valence-corrected chi connectivity index (χ2v) is 6.20. The Labute approximate surface area is 112 Å². The first-order chi connectivity index (χ1) is 8.52. The van der Waals surface area contributed by atoms with Crippen molar-refractivity contribution in [3.05, 3.63) is 22.5 Å². The van der Waals surface area contributed by atoms with Crippen LogP contribution in [-0.2, 0) is 5.41 Å². The largest absolute Gasteiger partial charge is 0.490 e. The number of pyridine rings is 1. The average molecular weight is 266 g/mol. The Bertz CT molecular complexity index is 484. The molecule has 0 amide bonds. The van der Waals surface area contributed by atoms with E-state index in [0.717, 1.165) is 11.6 Å². The molecule has 0 unspecified atom stereocenters. The summed E-state index contributed by atoms with van der Waals surface area (Å²) in [5.74, 6) is 0.839. The van der Waals surface area contributed by atoms with Crippen LogP contribution in [0.1, 0.15) is 43.5 Å². The van der Waals surface area contributed by atoms with Crippen molar-refractivity contribution < 1.29 is 10.0 Å². The van der Waals surface area contributed by atoms with Crippen molar-refractivity contribution in [1.29, 1.82) is 0 Å². The molecule has 0 radical (unpaired) electrons. The molecule has 5 heteroatoms. The predicted molar refractivity (Wildman–Crippen MR) is 72.1 cm³/mol. The van der Waals surface area contributed by atoms with Crippen molar-refractivity contribution in [3.8, 4) is 0 Å². The van der Waals surface area contributed by atoms with Crippen LogP contribution in [0.4, 0.5) is 0 Å². The maximum absolute atomic E-state index is 9.27. The van der Waals surface area contributed by atoms with Gasteiger partial charge in [-0.2, -0.15) is 0 Å². The van der Waals surface area contributed by atoms with E-state index in [2.05, 4.69) is 4.98 Å². The fourth-order valence-electron chi connectivity index (χ4n) is 3.75. The summed E-state index contributed by atoms with van der Waals surface area (Å²) in [6.07, 6.45) is 6.10. The number of aryl methyl sites for hydroxylation is 1. The summed E-state index contributed by atoms with van der Waals surface area (Å²) in [7, 11) is -1.50. The highest BCUT2D eigenvalue weighted by Crippen LogP contribution is 2.55. The second-order valence-electron chi connectivity index (χ2n) is 5.79. The number of rotatable bonds is 2. The first kappa shape index (κ1) is 12.5. The van der Waals surface area contributed by atoms with Crippen molar-refractivity contribution in [2.75, 3.05) is 0 Å². The molecule has 3 rings (SSSR count). The molecular weight excluding hydrogens is 248 g/mol. The van der Waals surface area contributed by atoms with E-state index in [1.807, 2.05) is 6.92 Å². The lowest BCUT2D eigenvalue weighted by atomic mass is 9.76. The average Bonchev–Trinajstić information content (AvgIpc) is 2.92. The molecule has 0 spiro atoms. The minimum atomic E-state index is -1.50. The van der Waals surface area contributed by atoms with E-state index in [1.54, 1.807) is 6.07 Å².